The number of carbonyl (C=O) groups is 1. The van der Waals surface area contributed by atoms with Crippen LogP contribution in [0.1, 0.15) is 133 Å². The van der Waals surface area contributed by atoms with Crippen LogP contribution >= 0.6 is 0 Å². The van der Waals surface area contributed by atoms with E-state index in [0.29, 0.717) is 13.0 Å². The predicted molar refractivity (Wildman–Crippen MR) is 175 cm³/mol. The van der Waals surface area contributed by atoms with Crippen molar-refractivity contribution in [1.29, 1.82) is 10.8 Å². The first-order chi connectivity index (χ1) is 19.4. The lowest BCUT2D eigenvalue weighted by Gasteiger charge is -2.27. The van der Waals surface area contributed by atoms with Gasteiger partial charge in [-0.05, 0) is 98.7 Å². The van der Waals surface area contributed by atoms with Gasteiger partial charge in [0.1, 0.15) is 0 Å². The zero-order chi connectivity index (χ0) is 30.1. The summed E-state index contributed by atoms with van der Waals surface area (Å²) in [5, 5.41) is 18.0. The van der Waals surface area contributed by atoms with Gasteiger partial charge in [0.2, 0.25) is 0 Å². The number of hydrogen-bond donors (Lipinski definition) is 3. The molecule has 1 saturated carbocycles. The SMILES string of the molecule is CC.CC.CC=N.CCCC(=N)Cc1cccc(N2Cc3c(CCC)cc(C(C)NCC4CCC4)cc3C2=O)c1. The van der Waals surface area contributed by atoms with E-state index in [1.54, 1.807) is 6.92 Å². The van der Waals surface area contributed by atoms with Crippen LogP contribution in [0.4, 0.5) is 5.69 Å². The Labute approximate surface area is 245 Å². The topological polar surface area (TPSA) is 80.0 Å². The molecule has 40 heavy (non-hydrogen) atoms. The zero-order valence-electron chi connectivity index (χ0n) is 26.6. The number of aryl methyl sites for hydroxylation is 1. The molecule has 0 radical (unpaired) electrons. The molecule has 1 amide bonds. The Morgan fingerprint density at radius 2 is 1.77 bits per heavy atom. The quantitative estimate of drug-likeness (QED) is 0.245. The fraction of sp³-hybridized carbons (Fsp3) is 0.571. The van der Waals surface area contributed by atoms with E-state index in [0.717, 1.165) is 60.7 Å². The number of amides is 1. The molecule has 1 aliphatic heterocycles. The summed E-state index contributed by atoms with van der Waals surface area (Å²) in [6.07, 6.45) is 9.86. The third-order valence-corrected chi connectivity index (χ3v) is 7.30. The molecule has 5 nitrogen and oxygen atoms in total. The Morgan fingerprint density at radius 3 is 2.35 bits per heavy atom. The zero-order valence-corrected chi connectivity index (χ0v) is 26.6. The lowest BCUT2D eigenvalue weighted by Crippen LogP contribution is -2.29. The summed E-state index contributed by atoms with van der Waals surface area (Å²) < 4.78 is 0. The molecule has 0 bridgehead atoms. The smallest absolute Gasteiger partial charge is 0.258 e. The number of nitrogens with zero attached hydrogens (tertiary/aromatic N) is 1. The van der Waals surface area contributed by atoms with Gasteiger partial charge in [-0.1, -0.05) is 79.0 Å². The van der Waals surface area contributed by atoms with Crippen LogP contribution in [0.3, 0.4) is 0 Å². The summed E-state index contributed by atoms with van der Waals surface area (Å²) in [6.45, 7) is 17.9. The van der Waals surface area contributed by atoms with Gasteiger partial charge < -0.3 is 21.0 Å². The highest BCUT2D eigenvalue weighted by atomic mass is 16.2. The highest BCUT2D eigenvalue weighted by molar-refractivity contribution is 6.10. The van der Waals surface area contributed by atoms with Crippen molar-refractivity contribution in [2.24, 2.45) is 5.92 Å². The third kappa shape index (κ3) is 9.99. The minimum Gasteiger partial charge on any atom is -0.313 e. The second-order valence-corrected chi connectivity index (χ2v) is 10.3. The number of benzene rings is 2. The molecule has 1 atom stereocenters. The van der Waals surface area contributed by atoms with E-state index in [2.05, 4.69) is 50.4 Å². The summed E-state index contributed by atoms with van der Waals surface area (Å²) >= 11 is 0. The van der Waals surface area contributed by atoms with Crippen molar-refractivity contribution < 1.29 is 4.79 Å². The monoisotopic (exact) mass is 548 g/mol. The highest BCUT2D eigenvalue weighted by Crippen LogP contribution is 2.34. The van der Waals surface area contributed by atoms with Gasteiger partial charge in [0, 0.05) is 29.4 Å². The van der Waals surface area contributed by atoms with Crippen LogP contribution in [0.5, 0.6) is 0 Å². The first kappa shape index (κ1) is 35.2. The van der Waals surface area contributed by atoms with Gasteiger partial charge in [0.25, 0.3) is 5.91 Å². The minimum absolute atomic E-state index is 0.108. The van der Waals surface area contributed by atoms with E-state index < -0.39 is 0 Å². The van der Waals surface area contributed by atoms with E-state index in [1.165, 1.54) is 42.2 Å². The van der Waals surface area contributed by atoms with Gasteiger partial charge in [-0.25, -0.2) is 0 Å². The Kier molecular flexibility index (Phi) is 17.0. The van der Waals surface area contributed by atoms with Crippen molar-refractivity contribution in [2.45, 2.75) is 119 Å². The molecule has 4 rings (SSSR count). The van der Waals surface area contributed by atoms with E-state index in [-0.39, 0.29) is 11.9 Å². The number of rotatable bonds is 11. The molecule has 0 aromatic heterocycles. The summed E-state index contributed by atoms with van der Waals surface area (Å²) in [7, 11) is 0. The predicted octanol–water partition coefficient (Wildman–Crippen LogP) is 9.32. The fourth-order valence-electron chi connectivity index (χ4n) is 5.09. The average molecular weight is 549 g/mol. The molecule has 222 valence electrons. The molecule has 0 spiro atoms. The average Bonchev–Trinajstić information content (AvgIpc) is 3.27. The molecule has 1 aliphatic carbocycles. The molecule has 2 aromatic carbocycles. The van der Waals surface area contributed by atoms with Crippen molar-refractivity contribution in [3.05, 3.63) is 64.2 Å². The largest absolute Gasteiger partial charge is 0.313 e. The van der Waals surface area contributed by atoms with Gasteiger partial charge in [-0.2, -0.15) is 0 Å². The number of fused-ring (bicyclic) bond motifs is 1. The lowest BCUT2D eigenvalue weighted by atomic mass is 9.85. The van der Waals surface area contributed by atoms with Gasteiger partial charge in [-0.3, -0.25) is 4.79 Å². The van der Waals surface area contributed by atoms with Crippen molar-refractivity contribution in [2.75, 3.05) is 11.4 Å². The summed E-state index contributed by atoms with van der Waals surface area (Å²) in [6, 6.07) is 12.9. The maximum Gasteiger partial charge on any atom is 0.258 e. The van der Waals surface area contributed by atoms with Crippen LogP contribution in [0, 0.1) is 16.7 Å². The van der Waals surface area contributed by atoms with Crippen LogP contribution in [-0.4, -0.2) is 24.4 Å². The molecular weight excluding hydrogens is 492 g/mol. The molecule has 5 heteroatoms. The molecule has 1 heterocycles. The first-order valence-electron chi connectivity index (χ1n) is 15.7. The standard InChI is InChI=1S/C29H39N3O.C2H5N.2C2H6/c1-4-8-23-16-24(20(3)31-18-21-10-6-11-21)17-27-28(23)19-32(29(27)33)26-13-7-12-22(15-26)14-25(30)9-5-2;1-2-3;2*1-2/h7,12-13,15-17,20-21,30-31H,4-6,8-11,14,18-19H2,1-3H3;2-3H,1H3;2*1-2H3. The molecule has 2 aliphatic rings. The Hall–Kier alpha value is -2.79. The molecule has 2 aromatic rings. The molecule has 1 fully saturated rings. The lowest BCUT2D eigenvalue weighted by molar-refractivity contribution is 0.0996. The van der Waals surface area contributed by atoms with E-state index >= 15 is 0 Å². The van der Waals surface area contributed by atoms with E-state index in [9.17, 15) is 4.79 Å². The van der Waals surface area contributed by atoms with E-state index in [1.807, 2.05) is 44.7 Å². The van der Waals surface area contributed by atoms with Gasteiger partial charge in [-0.15, -0.1) is 0 Å². The second-order valence-electron chi connectivity index (χ2n) is 10.3. The van der Waals surface area contributed by atoms with Crippen molar-refractivity contribution in [3.8, 4) is 0 Å². The summed E-state index contributed by atoms with van der Waals surface area (Å²) in [4.78, 5) is 15.5. The van der Waals surface area contributed by atoms with Crippen LogP contribution in [-0.2, 0) is 19.4 Å². The second kappa shape index (κ2) is 19.3. The van der Waals surface area contributed by atoms with E-state index in [4.69, 9.17) is 10.8 Å². The van der Waals surface area contributed by atoms with Crippen molar-refractivity contribution >= 4 is 23.5 Å². The number of hydrogen-bond acceptors (Lipinski definition) is 4. The van der Waals surface area contributed by atoms with Gasteiger partial charge in [0.05, 0.1) is 6.54 Å². The third-order valence-electron chi connectivity index (χ3n) is 7.30. The van der Waals surface area contributed by atoms with Crippen molar-refractivity contribution in [1.82, 2.24) is 5.32 Å². The Balaban J connectivity index is 0.00000105. The molecular formula is C35H56N4O. The van der Waals surface area contributed by atoms with Crippen LogP contribution < -0.4 is 10.2 Å². The fourth-order valence-corrected chi connectivity index (χ4v) is 5.09. The Bertz CT molecular complexity index is 1060. The maximum absolute atomic E-state index is 13.5. The molecule has 3 N–H and O–H groups in total. The highest BCUT2D eigenvalue weighted by Gasteiger charge is 2.31. The van der Waals surface area contributed by atoms with Gasteiger partial charge >= 0.3 is 0 Å². The Morgan fingerprint density at radius 1 is 1.10 bits per heavy atom. The minimum atomic E-state index is 0.108. The van der Waals surface area contributed by atoms with Crippen LogP contribution in [0.15, 0.2) is 36.4 Å². The number of carbonyl (C=O) groups excluding carboxylic acids is 1. The van der Waals surface area contributed by atoms with Crippen molar-refractivity contribution in [3.63, 3.8) is 0 Å². The normalized spacial score (nSPS) is 14.3. The summed E-state index contributed by atoms with van der Waals surface area (Å²) in [5.74, 6) is 0.927. The van der Waals surface area contributed by atoms with Crippen LogP contribution in [0.2, 0.25) is 0 Å². The molecule has 1 unspecified atom stereocenters. The maximum atomic E-state index is 13.5. The number of anilines is 1. The molecule has 0 saturated heterocycles. The summed E-state index contributed by atoms with van der Waals surface area (Å²) in [5.41, 5.74) is 7.42. The first-order valence-corrected chi connectivity index (χ1v) is 15.7. The van der Waals surface area contributed by atoms with Crippen LogP contribution in [0.25, 0.3) is 0 Å². The number of nitrogens with one attached hydrogen (secondary N) is 3. The van der Waals surface area contributed by atoms with Gasteiger partial charge in [0.15, 0.2) is 0 Å².